The Morgan fingerprint density at radius 3 is 2.64 bits per heavy atom. The zero-order valence-electron chi connectivity index (χ0n) is 15.2. The third-order valence-electron chi connectivity index (χ3n) is 4.56. The van der Waals surface area contributed by atoms with Crippen molar-refractivity contribution in [2.24, 2.45) is 10.2 Å². The highest BCUT2D eigenvalue weighted by atomic mass is 79.9. The van der Waals surface area contributed by atoms with Crippen molar-refractivity contribution >= 4 is 55.8 Å². The molecule has 4 rings (SSSR count). The van der Waals surface area contributed by atoms with Gasteiger partial charge in [-0.2, -0.15) is 5.10 Å². The molecule has 1 saturated heterocycles. The number of fused-ring (bicyclic) bond motifs is 1. The fourth-order valence-corrected chi connectivity index (χ4v) is 4.29. The van der Waals surface area contributed by atoms with E-state index >= 15 is 0 Å². The number of amides is 1. The van der Waals surface area contributed by atoms with Crippen LogP contribution in [0.5, 0.6) is 0 Å². The second-order valence-corrected chi connectivity index (χ2v) is 8.73. The average Bonchev–Trinajstić information content (AvgIpc) is 2.97. The van der Waals surface area contributed by atoms with Gasteiger partial charge in [0.2, 0.25) is 5.91 Å². The van der Waals surface area contributed by atoms with Crippen molar-refractivity contribution in [1.29, 1.82) is 0 Å². The van der Waals surface area contributed by atoms with Gasteiger partial charge in [-0.1, -0.05) is 82.3 Å². The smallest absolute Gasteiger partial charge is 0.242 e. The van der Waals surface area contributed by atoms with Crippen LogP contribution in [-0.4, -0.2) is 27.4 Å². The number of carbonyl (C=O) groups is 1. The van der Waals surface area contributed by atoms with Gasteiger partial charge < -0.3 is 0 Å². The molecule has 1 aliphatic heterocycles. The summed E-state index contributed by atoms with van der Waals surface area (Å²) in [6.07, 6.45) is 1.70. The summed E-state index contributed by atoms with van der Waals surface area (Å²) < 4.78 is 1.02. The van der Waals surface area contributed by atoms with Crippen molar-refractivity contribution in [3.63, 3.8) is 0 Å². The molecule has 28 heavy (non-hydrogen) atoms. The van der Waals surface area contributed by atoms with Gasteiger partial charge in [-0.15, -0.1) is 5.10 Å². The Morgan fingerprint density at radius 2 is 1.82 bits per heavy atom. The van der Waals surface area contributed by atoms with Crippen LogP contribution in [0.25, 0.3) is 10.8 Å². The number of thioether (sulfide) groups is 1. The first-order chi connectivity index (χ1) is 13.6. The lowest BCUT2D eigenvalue weighted by Gasteiger charge is -2.17. The lowest BCUT2D eigenvalue weighted by atomic mass is 10.0. The number of rotatable bonds is 4. The monoisotopic (exact) mass is 451 g/mol. The van der Waals surface area contributed by atoms with Gasteiger partial charge in [-0.3, -0.25) is 9.69 Å². The van der Waals surface area contributed by atoms with Crippen molar-refractivity contribution < 1.29 is 4.79 Å². The van der Waals surface area contributed by atoms with Crippen LogP contribution in [0.2, 0.25) is 0 Å². The number of nitrogens with zero attached hydrogens (tertiary/aromatic N) is 3. The molecular weight excluding hydrogens is 434 g/mol. The highest BCUT2D eigenvalue weighted by Gasteiger charge is 2.35. The van der Waals surface area contributed by atoms with Crippen LogP contribution in [0.15, 0.2) is 81.4 Å². The molecule has 4 nitrogen and oxygen atoms in total. The minimum absolute atomic E-state index is 0.0653. The highest BCUT2D eigenvalue weighted by Crippen LogP contribution is 2.30. The topological polar surface area (TPSA) is 45.0 Å². The van der Waals surface area contributed by atoms with Gasteiger partial charge in [0.05, 0.1) is 18.0 Å². The molecule has 0 radical (unpaired) electrons. The molecule has 0 aliphatic carbocycles. The van der Waals surface area contributed by atoms with Gasteiger partial charge in [0, 0.05) is 4.47 Å². The summed E-state index contributed by atoms with van der Waals surface area (Å²) in [6.45, 7) is 2.40. The Morgan fingerprint density at radius 1 is 1.07 bits per heavy atom. The summed E-state index contributed by atoms with van der Waals surface area (Å²) in [5.41, 5.74) is 2.06. The second kappa shape index (κ2) is 8.29. The number of halogens is 1. The van der Waals surface area contributed by atoms with Crippen molar-refractivity contribution in [3.8, 4) is 0 Å². The van der Waals surface area contributed by atoms with Crippen LogP contribution >= 0.6 is 27.7 Å². The molecule has 0 spiro atoms. The summed E-state index contributed by atoms with van der Waals surface area (Å²) in [7, 11) is 0. The van der Waals surface area contributed by atoms with Crippen molar-refractivity contribution in [2.45, 2.75) is 18.7 Å². The zero-order valence-corrected chi connectivity index (χ0v) is 17.7. The molecule has 0 N–H and O–H groups in total. The van der Waals surface area contributed by atoms with E-state index in [1.54, 1.807) is 11.1 Å². The first kappa shape index (κ1) is 18.9. The van der Waals surface area contributed by atoms with Gasteiger partial charge >= 0.3 is 0 Å². The Hall–Kier alpha value is -2.44. The van der Waals surface area contributed by atoms with Crippen LogP contribution in [0.1, 0.15) is 18.1 Å². The predicted octanol–water partition coefficient (Wildman–Crippen LogP) is 5.46. The largest absolute Gasteiger partial charge is 0.284 e. The lowest BCUT2D eigenvalue weighted by molar-refractivity contribution is -0.126. The van der Waals surface area contributed by atoms with E-state index in [0.29, 0.717) is 11.7 Å². The fourth-order valence-electron chi connectivity index (χ4n) is 3.10. The molecule has 3 aromatic carbocycles. The van der Waals surface area contributed by atoms with E-state index < -0.39 is 0 Å². The van der Waals surface area contributed by atoms with E-state index in [1.807, 2.05) is 49.4 Å². The number of hydrogen-bond acceptors (Lipinski definition) is 4. The minimum Gasteiger partial charge on any atom is -0.284 e. The Labute approximate surface area is 176 Å². The summed E-state index contributed by atoms with van der Waals surface area (Å²) in [5, 5.41) is 11.4. The molecular formula is C22H18BrN3OS. The average molecular weight is 452 g/mol. The molecule has 1 aliphatic rings. The Bertz CT molecular complexity index is 1070. The molecule has 1 fully saturated rings. The van der Waals surface area contributed by atoms with Gasteiger partial charge in [0.25, 0.3) is 0 Å². The van der Waals surface area contributed by atoms with Crippen molar-refractivity contribution in [3.05, 3.63) is 82.3 Å². The van der Waals surface area contributed by atoms with E-state index in [1.165, 1.54) is 17.1 Å². The molecule has 6 heteroatoms. The molecule has 1 amide bonds. The van der Waals surface area contributed by atoms with E-state index in [-0.39, 0.29) is 11.2 Å². The van der Waals surface area contributed by atoms with E-state index in [9.17, 15) is 4.79 Å². The number of benzene rings is 3. The molecule has 1 heterocycles. The molecule has 3 aromatic rings. The summed E-state index contributed by atoms with van der Waals surface area (Å²) in [5.74, 6) is 0.0653. The molecule has 1 atom stereocenters. The predicted molar refractivity (Wildman–Crippen MR) is 121 cm³/mol. The number of amidine groups is 1. The van der Waals surface area contributed by atoms with Gasteiger partial charge in [0.1, 0.15) is 0 Å². The first-order valence-electron chi connectivity index (χ1n) is 8.93. The van der Waals surface area contributed by atoms with Crippen molar-refractivity contribution in [2.75, 3.05) is 0 Å². The maximum absolute atomic E-state index is 12.7. The zero-order chi connectivity index (χ0) is 19.5. The van der Waals surface area contributed by atoms with Crippen LogP contribution in [0, 0.1) is 0 Å². The Balaban J connectivity index is 1.60. The molecule has 1 unspecified atom stereocenters. The highest BCUT2D eigenvalue weighted by molar-refractivity contribution is 9.10. The molecule has 0 bridgehead atoms. The molecule has 140 valence electrons. The fraction of sp³-hybridized carbons (Fsp3) is 0.136. The van der Waals surface area contributed by atoms with Gasteiger partial charge in [-0.05, 0) is 41.0 Å². The first-order valence-corrected chi connectivity index (χ1v) is 10.6. The maximum Gasteiger partial charge on any atom is 0.242 e. The standard InChI is InChI=1S/C22H18BrN3OS/c1-15-21(27)26(14-18-7-4-6-17-5-2-3-8-20(17)18)22(28-15)25-24-13-16-9-11-19(23)12-10-16/h2-13,15H,14H2,1H3/b24-13+,25-22+. The molecule has 0 aromatic heterocycles. The van der Waals surface area contributed by atoms with E-state index in [0.717, 1.165) is 21.0 Å². The third kappa shape index (κ3) is 4.03. The number of carbonyl (C=O) groups excluding carboxylic acids is 1. The van der Waals surface area contributed by atoms with Crippen LogP contribution in [-0.2, 0) is 11.3 Å². The minimum atomic E-state index is -0.156. The second-order valence-electron chi connectivity index (χ2n) is 6.50. The summed E-state index contributed by atoms with van der Waals surface area (Å²) in [6, 6.07) is 22.2. The Kier molecular flexibility index (Phi) is 5.59. The third-order valence-corrected chi connectivity index (χ3v) is 6.15. The molecule has 0 saturated carbocycles. The van der Waals surface area contributed by atoms with Crippen LogP contribution < -0.4 is 0 Å². The van der Waals surface area contributed by atoms with E-state index in [4.69, 9.17) is 0 Å². The van der Waals surface area contributed by atoms with Crippen LogP contribution in [0.4, 0.5) is 0 Å². The lowest BCUT2D eigenvalue weighted by Crippen LogP contribution is -2.30. The van der Waals surface area contributed by atoms with E-state index in [2.05, 4.69) is 50.4 Å². The van der Waals surface area contributed by atoms with Crippen molar-refractivity contribution in [1.82, 2.24) is 4.90 Å². The quantitative estimate of drug-likeness (QED) is 0.390. The maximum atomic E-state index is 12.7. The summed E-state index contributed by atoms with van der Waals surface area (Å²) in [4.78, 5) is 14.4. The van der Waals surface area contributed by atoms with Gasteiger partial charge in [-0.25, -0.2) is 0 Å². The summed E-state index contributed by atoms with van der Waals surface area (Å²) >= 11 is 4.87. The SMILES string of the molecule is CC1S/C(=N/N=C/c2ccc(Br)cc2)N(Cc2cccc3ccccc23)C1=O. The number of hydrogen-bond donors (Lipinski definition) is 0. The van der Waals surface area contributed by atoms with Gasteiger partial charge in [0.15, 0.2) is 5.17 Å². The normalized spacial score (nSPS) is 18.6. The van der Waals surface area contributed by atoms with Crippen LogP contribution in [0.3, 0.4) is 0 Å².